The molecule has 0 saturated carbocycles. The van der Waals surface area contributed by atoms with Gasteiger partial charge in [0.15, 0.2) is 11.2 Å². The highest BCUT2D eigenvalue weighted by molar-refractivity contribution is 5.76. The van der Waals surface area contributed by atoms with Crippen molar-refractivity contribution in [1.29, 1.82) is 0 Å². The fourth-order valence-electron chi connectivity index (χ4n) is 1.09. The maximum absolute atomic E-state index is 10.7. The molecule has 0 saturated heterocycles. The summed E-state index contributed by atoms with van der Waals surface area (Å²) in [4.78, 5) is 10.7. The summed E-state index contributed by atoms with van der Waals surface area (Å²) in [5, 5.41) is 0. The predicted octanol–water partition coefficient (Wildman–Crippen LogP) is 1.88. The van der Waals surface area contributed by atoms with Crippen LogP contribution in [0, 0.1) is 13.8 Å². The van der Waals surface area contributed by atoms with Crippen molar-refractivity contribution in [3.8, 4) is 0 Å². The molecule has 0 bridgehead atoms. The van der Waals surface area contributed by atoms with Crippen LogP contribution >= 0.6 is 0 Å². The third kappa shape index (κ3) is 0.863. The van der Waals surface area contributed by atoms with Crippen molar-refractivity contribution < 1.29 is 8.83 Å². The van der Waals surface area contributed by atoms with E-state index in [0.29, 0.717) is 16.7 Å². The molecule has 0 atom stereocenters. The zero-order valence-electron chi connectivity index (χ0n) is 6.59. The molecule has 0 fully saturated rings. The van der Waals surface area contributed by atoms with E-state index in [2.05, 4.69) is 6.92 Å². The highest BCUT2D eigenvalue weighted by Crippen LogP contribution is 2.19. The minimum absolute atomic E-state index is 0.444. The number of hydrogen-bond donors (Lipinski definition) is 0. The van der Waals surface area contributed by atoms with E-state index in [4.69, 9.17) is 8.83 Å². The summed E-state index contributed by atoms with van der Waals surface area (Å²) >= 11 is 0. The van der Waals surface area contributed by atoms with E-state index in [1.54, 1.807) is 6.07 Å². The first-order valence-electron chi connectivity index (χ1n) is 3.53. The summed E-state index contributed by atoms with van der Waals surface area (Å²) in [5.74, 6) is -0.680. The topological polar surface area (TPSA) is 43.4 Å². The Labute approximate surface area is 68.6 Å². The Morgan fingerprint density at radius 3 is 2.83 bits per heavy atom. The van der Waals surface area contributed by atoms with E-state index in [-0.39, 0.29) is 0 Å². The molecule has 2 aromatic rings. The minimum Gasteiger partial charge on any atom is -0.391 e. The highest BCUT2D eigenvalue weighted by Gasteiger charge is 2.07. The number of hydrogen-bond acceptors (Lipinski definition) is 3. The van der Waals surface area contributed by atoms with Gasteiger partial charge in [-0.3, -0.25) is 0 Å². The largest absolute Gasteiger partial charge is 0.519 e. The van der Waals surface area contributed by atoms with Crippen LogP contribution in [0.3, 0.4) is 0 Å². The van der Waals surface area contributed by atoms with Gasteiger partial charge in [0.25, 0.3) is 0 Å². The molecule has 0 spiro atoms. The average molecular weight is 163 g/mol. The van der Waals surface area contributed by atoms with Crippen LogP contribution in [0.5, 0.6) is 0 Å². The van der Waals surface area contributed by atoms with Crippen molar-refractivity contribution in [2.24, 2.45) is 0 Å². The van der Waals surface area contributed by atoms with Gasteiger partial charge in [-0.15, -0.1) is 0 Å². The highest BCUT2D eigenvalue weighted by atomic mass is 16.6. The summed E-state index contributed by atoms with van der Waals surface area (Å²) in [6.07, 6.45) is 0. The van der Waals surface area contributed by atoms with Crippen LogP contribution in [0.4, 0.5) is 0 Å². The van der Waals surface area contributed by atoms with Crippen molar-refractivity contribution in [2.75, 3.05) is 0 Å². The van der Waals surface area contributed by atoms with Gasteiger partial charge in [0.2, 0.25) is 0 Å². The van der Waals surface area contributed by atoms with Gasteiger partial charge in [-0.2, -0.15) is 0 Å². The maximum Gasteiger partial charge on any atom is 0.519 e. The Morgan fingerprint density at radius 2 is 2.08 bits per heavy atom. The quantitative estimate of drug-likeness (QED) is 0.595. The molecule has 1 aromatic carbocycles. The zero-order chi connectivity index (χ0) is 8.72. The average Bonchev–Trinajstić information content (AvgIpc) is 2.39. The van der Waals surface area contributed by atoms with E-state index < -0.39 is 5.82 Å². The number of aryl methyl sites for hydroxylation is 1. The van der Waals surface area contributed by atoms with Gasteiger partial charge in [-0.1, -0.05) is 6.07 Å². The molecular weight excluding hydrogens is 156 g/mol. The molecule has 0 aliphatic rings. The Morgan fingerprint density at radius 1 is 1.33 bits per heavy atom. The molecule has 3 heteroatoms. The fourth-order valence-corrected chi connectivity index (χ4v) is 1.09. The van der Waals surface area contributed by atoms with Crippen LogP contribution in [-0.2, 0) is 0 Å². The molecule has 12 heavy (non-hydrogen) atoms. The standard InChI is InChI=1S/C9H7O3/c1-5-3-4-7-8(6(5)2)12-9(10)11-7/h3-4H,2H2,1H3. The van der Waals surface area contributed by atoms with Crippen molar-refractivity contribution in [3.05, 3.63) is 40.8 Å². The van der Waals surface area contributed by atoms with Crippen molar-refractivity contribution in [1.82, 2.24) is 0 Å². The first-order valence-corrected chi connectivity index (χ1v) is 3.53. The van der Waals surface area contributed by atoms with Crippen LogP contribution < -0.4 is 5.82 Å². The van der Waals surface area contributed by atoms with Crippen LogP contribution in [0.25, 0.3) is 11.2 Å². The first kappa shape index (κ1) is 7.16. The Kier molecular flexibility index (Phi) is 1.33. The lowest BCUT2D eigenvalue weighted by Crippen LogP contribution is -1.84. The second-order valence-corrected chi connectivity index (χ2v) is 2.64. The van der Waals surface area contributed by atoms with Gasteiger partial charge < -0.3 is 8.83 Å². The monoisotopic (exact) mass is 163 g/mol. The van der Waals surface area contributed by atoms with Gasteiger partial charge in [0.1, 0.15) is 0 Å². The molecule has 0 unspecified atom stereocenters. The summed E-state index contributed by atoms with van der Waals surface area (Å²) < 4.78 is 9.54. The van der Waals surface area contributed by atoms with Crippen molar-refractivity contribution >= 4 is 11.2 Å². The molecule has 1 aromatic heterocycles. The van der Waals surface area contributed by atoms with E-state index in [0.717, 1.165) is 5.56 Å². The molecule has 0 amide bonds. The van der Waals surface area contributed by atoms with Gasteiger partial charge in [-0.25, -0.2) is 4.79 Å². The third-order valence-electron chi connectivity index (χ3n) is 1.84. The van der Waals surface area contributed by atoms with E-state index >= 15 is 0 Å². The molecule has 0 N–H and O–H groups in total. The molecule has 0 aliphatic carbocycles. The van der Waals surface area contributed by atoms with Crippen molar-refractivity contribution in [2.45, 2.75) is 6.92 Å². The fraction of sp³-hybridized carbons (Fsp3) is 0.111. The van der Waals surface area contributed by atoms with Crippen molar-refractivity contribution in [3.63, 3.8) is 0 Å². The number of benzene rings is 1. The van der Waals surface area contributed by atoms with Gasteiger partial charge >= 0.3 is 5.82 Å². The lowest BCUT2D eigenvalue weighted by Gasteiger charge is -1.95. The lowest BCUT2D eigenvalue weighted by atomic mass is 10.1. The summed E-state index contributed by atoms with van der Waals surface area (Å²) in [6.45, 7) is 5.67. The van der Waals surface area contributed by atoms with Crippen LogP contribution in [-0.4, -0.2) is 0 Å². The molecule has 2 rings (SSSR count). The van der Waals surface area contributed by atoms with E-state index in [9.17, 15) is 4.79 Å². The second kappa shape index (κ2) is 2.24. The number of fused-ring (bicyclic) bond motifs is 1. The summed E-state index contributed by atoms with van der Waals surface area (Å²) in [6, 6.07) is 3.54. The van der Waals surface area contributed by atoms with E-state index in [1.807, 2.05) is 13.0 Å². The molecular formula is C9H7O3. The zero-order valence-corrected chi connectivity index (χ0v) is 6.59. The first-order chi connectivity index (χ1) is 5.68. The Balaban J connectivity index is 2.99. The molecule has 0 aliphatic heterocycles. The number of rotatable bonds is 0. The van der Waals surface area contributed by atoms with Crippen LogP contribution in [0.2, 0.25) is 0 Å². The van der Waals surface area contributed by atoms with Gasteiger partial charge in [0.05, 0.1) is 0 Å². The lowest BCUT2D eigenvalue weighted by molar-refractivity contribution is 0.409. The Hall–Kier alpha value is -1.51. The van der Waals surface area contributed by atoms with Crippen LogP contribution in [0.15, 0.2) is 25.8 Å². The van der Waals surface area contributed by atoms with Gasteiger partial charge in [-0.05, 0) is 25.5 Å². The van der Waals surface area contributed by atoms with Gasteiger partial charge in [0, 0.05) is 5.56 Å². The Bertz CT molecular complexity index is 476. The minimum atomic E-state index is -0.680. The second-order valence-electron chi connectivity index (χ2n) is 2.64. The molecule has 1 heterocycles. The normalized spacial score (nSPS) is 10.8. The van der Waals surface area contributed by atoms with E-state index in [1.165, 1.54) is 0 Å². The molecule has 1 radical (unpaired) electrons. The predicted molar refractivity (Wildman–Crippen MR) is 43.9 cm³/mol. The smallest absolute Gasteiger partial charge is 0.391 e. The maximum atomic E-state index is 10.7. The SMILES string of the molecule is [CH2]c1c(C)ccc2oc(=O)oc12. The third-order valence-corrected chi connectivity index (χ3v) is 1.84. The summed E-state index contributed by atoms with van der Waals surface area (Å²) in [7, 11) is 0. The molecule has 3 nitrogen and oxygen atoms in total. The summed E-state index contributed by atoms with van der Waals surface area (Å²) in [5.41, 5.74) is 2.58. The van der Waals surface area contributed by atoms with Crippen LogP contribution in [0.1, 0.15) is 11.1 Å². The molecule has 61 valence electrons.